The van der Waals surface area contributed by atoms with Crippen molar-refractivity contribution in [2.75, 3.05) is 6.54 Å². The number of thiocarbonyl (C=S) groups is 1. The molecule has 0 amide bonds. The van der Waals surface area contributed by atoms with E-state index in [2.05, 4.69) is 15.6 Å². The van der Waals surface area contributed by atoms with E-state index in [0.29, 0.717) is 6.04 Å². The van der Waals surface area contributed by atoms with Gasteiger partial charge in [-0.1, -0.05) is 0 Å². The summed E-state index contributed by atoms with van der Waals surface area (Å²) in [5.41, 5.74) is 0. The molecule has 0 aliphatic heterocycles. The van der Waals surface area contributed by atoms with Crippen LogP contribution in [0.15, 0.2) is 12.4 Å². The highest BCUT2D eigenvalue weighted by Gasteiger charge is 2.21. The molecule has 0 atom stereocenters. The molecule has 1 aliphatic carbocycles. The van der Waals surface area contributed by atoms with Crippen LogP contribution in [-0.2, 0) is 13.5 Å². The van der Waals surface area contributed by atoms with Crippen molar-refractivity contribution >= 4 is 17.3 Å². The number of imidazole rings is 1. The van der Waals surface area contributed by atoms with E-state index in [1.165, 1.54) is 12.8 Å². The molecular weight excluding hydrogens is 208 g/mol. The van der Waals surface area contributed by atoms with Crippen LogP contribution in [0.1, 0.15) is 18.7 Å². The van der Waals surface area contributed by atoms with Crippen molar-refractivity contribution in [3.63, 3.8) is 0 Å². The van der Waals surface area contributed by atoms with Crippen molar-refractivity contribution in [1.29, 1.82) is 0 Å². The number of aryl methyl sites for hydroxylation is 1. The van der Waals surface area contributed by atoms with Gasteiger partial charge in [0.2, 0.25) is 0 Å². The molecular formula is C10H16N4S. The zero-order valence-corrected chi connectivity index (χ0v) is 9.68. The summed E-state index contributed by atoms with van der Waals surface area (Å²) in [5, 5.41) is 7.20. The molecule has 1 aliphatic rings. The summed E-state index contributed by atoms with van der Waals surface area (Å²) in [6, 6.07) is 0.623. The monoisotopic (exact) mass is 224 g/mol. The van der Waals surface area contributed by atoms with Crippen LogP contribution < -0.4 is 10.6 Å². The summed E-state index contributed by atoms with van der Waals surface area (Å²) in [6.45, 7) is 0.837. The lowest BCUT2D eigenvalue weighted by Gasteiger charge is -2.09. The predicted octanol–water partition coefficient (Wildman–Crippen LogP) is 0.589. The summed E-state index contributed by atoms with van der Waals surface area (Å²) < 4.78 is 2.03. The van der Waals surface area contributed by atoms with Crippen LogP contribution in [0.25, 0.3) is 0 Å². The van der Waals surface area contributed by atoms with Crippen LogP contribution in [0, 0.1) is 0 Å². The molecule has 4 nitrogen and oxygen atoms in total. The molecule has 15 heavy (non-hydrogen) atoms. The Morgan fingerprint density at radius 3 is 3.07 bits per heavy atom. The minimum atomic E-state index is 0.623. The van der Waals surface area contributed by atoms with Gasteiger partial charge in [-0.15, -0.1) is 0 Å². The first-order valence-corrected chi connectivity index (χ1v) is 5.67. The highest BCUT2D eigenvalue weighted by atomic mass is 32.1. The van der Waals surface area contributed by atoms with E-state index in [0.717, 1.165) is 23.9 Å². The Bertz CT molecular complexity index is 343. The topological polar surface area (TPSA) is 41.9 Å². The largest absolute Gasteiger partial charge is 0.362 e. The third-order valence-corrected chi connectivity index (χ3v) is 2.73. The maximum Gasteiger partial charge on any atom is 0.166 e. The first-order chi connectivity index (χ1) is 7.25. The zero-order chi connectivity index (χ0) is 10.7. The average Bonchev–Trinajstić information content (AvgIpc) is 2.91. The SMILES string of the molecule is Cn1ccnc1CCNC(=S)NC1CC1. The van der Waals surface area contributed by atoms with Crippen LogP contribution >= 0.6 is 12.2 Å². The van der Waals surface area contributed by atoms with Crippen molar-refractivity contribution in [3.8, 4) is 0 Å². The van der Waals surface area contributed by atoms with Gasteiger partial charge < -0.3 is 15.2 Å². The van der Waals surface area contributed by atoms with Gasteiger partial charge in [-0.25, -0.2) is 4.98 Å². The van der Waals surface area contributed by atoms with E-state index in [-0.39, 0.29) is 0 Å². The molecule has 1 aromatic heterocycles. The lowest BCUT2D eigenvalue weighted by atomic mass is 10.4. The van der Waals surface area contributed by atoms with Crippen molar-refractivity contribution in [2.24, 2.45) is 7.05 Å². The molecule has 0 spiro atoms. The lowest BCUT2D eigenvalue weighted by molar-refractivity contribution is 0.738. The molecule has 0 aromatic carbocycles. The Labute approximate surface area is 95.1 Å². The number of nitrogens with one attached hydrogen (secondary N) is 2. The highest BCUT2D eigenvalue weighted by Crippen LogP contribution is 2.18. The van der Waals surface area contributed by atoms with E-state index >= 15 is 0 Å². The van der Waals surface area contributed by atoms with Gasteiger partial charge in [-0.2, -0.15) is 0 Å². The number of hydrogen-bond acceptors (Lipinski definition) is 2. The minimum Gasteiger partial charge on any atom is -0.362 e. The number of aromatic nitrogens is 2. The molecule has 0 unspecified atom stereocenters. The Kier molecular flexibility index (Phi) is 3.20. The normalized spacial score (nSPS) is 15.0. The van der Waals surface area contributed by atoms with E-state index in [9.17, 15) is 0 Å². The molecule has 82 valence electrons. The van der Waals surface area contributed by atoms with E-state index < -0.39 is 0 Å². The molecule has 0 radical (unpaired) electrons. The van der Waals surface area contributed by atoms with E-state index in [4.69, 9.17) is 12.2 Å². The van der Waals surface area contributed by atoms with Gasteiger partial charge in [0.25, 0.3) is 0 Å². The van der Waals surface area contributed by atoms with Crippen molar-refractivity contribution in [2.45, 2.75) is 25.3 Å². The summed E-state index contributed by atoms with van der Waals surface area (Å²) in [5.74, 6) is 1.08. The van der Waals surface area contributed by atoms with Gasteiger partial charge in [-0.05, 0) is 25.1 Å². The van der Waals surface area contributed by atoms with Gasteiger partial charge in [0, 0.05) is 38.4 Å². The third-order valence-electron chi connectivity index (χ3n) is 2.47. The van der Waals surface area contributed by atoms with Gasteiger partial charge in [0.1, 0.15) is 5.82 Å². The Morgan fingerprint density at radius 1 is 1.67 bits per heavy atom. The fraction of sp³-hybridized carbons (Fsp3) is 0.600. The van der Waals surface area contributed by atoms with Crippen LogP contribution in [0.5, 0.6) is 0 Å². The number of nitrogens with zero attached hydrogens (tertiary/aromatic N) is 2. The third kappa shape index (κ3) is 3.20. The Balaban J connectivity index is 1.65. The summed E-state index contributed by atoms with van der Waals surface area (Å²) in [6.07, 6.45) is 7.17. The zero-order valence-electron chi connectivity index (χ0n) is 8.86. The number of rotatable bonds is 4. The lowest BCUT2D eigenvalue weighted by Crippen LogP contribution is -2.37. The molecule has 1 saturated carbocycles. The Morgan fingerprint density at radius 2 is 2.47 bits per heavy atom. The average molecular weight is 224 g/mol. The molecule has 0 bridgehead atoms. The second-order valence-electron chi connectivity index (χ2n) is 3.88. The number of hydrogen-bond donors (Lipinski definition) is 2. The van der Waals surface area contributed by atoms with Crippen LogP contribution in [0.2, 0.25) is 0 Å². The molecule has 2 N–H and O–H groups in total. The summed E-state index contributed by atoms with van der Waals surface area (Å²) in [4.78, 5) is 4.25. The van der Waals surface area contributed by atoms with Crippen LogP contribution in [0.4, 0.5) is 0 Å². The van der Waals surface area contributed by atoms with Crippen molar-refractivity contribution in [1.82, 2.24) is 20.2 Å². The first-order valence-electron chi connectivity index (χ1n) is 5.26. The summed E-state index contributed by atoms with van der Waals surface area (Å²) >= 11 is 5.15. The first kappa shape index (κ1) is 10.4. The Hall–Kier alpha value is -1.10. The quantitative estimate of drug-likeness (QED) is 0.735. The second-order valence-corrected chi connectivity index (χ2v) is 4.29. The van der Waals surface area contributed by atoms with Crippen LogP contribution in [-0.4, -0.2) is 27.3 Å². The fourth-order valence-corrected chi connectivity index (χ4v) is 1.66. The summed E-state index contributed by atoms with van der Waals surface area (Å²) in [7, 11) is 2.00. The van der Waals surface area contributed by atoms with Gasteiger partial charge >= 0.3 is 0 Å². The van der Waals surface area contributed by atoms with Crippen molar-refractivity contribution < 1.29 is 0 Å². The molecule has 5 heteroatoms. The predicted molar refractivity (Wildman–Crippen MR) is 63.7 cm³/mol. The standard InChI is InChI=1S/C10H16N4S/c1-14-7-6-11-9(14)4-5-12-10(15)13-8-2-3-8/h6-8H,2-5H2,1H3,(H2,12,13,15). The molecule has 2 rings (SSSR count). The maximum absolute atomic E-state index is 5.15. The molecule has 0 saturated heterocycles. The van der Waals surface area contributed by atoms with E-state index in [1.807, 2.05) is 24.0 Å². The van der Waals surface area contributed by atoms with Crippen LogP contribution in [0.3, 0.4) is 0 Å². The van der Waals surface area contributed by atoms with Gasteiger partial charge in [0.05, 0.1) is 0 Å². The van der Waals surface area contributed by atoms with E-state index in [1.54, 1.807) is 0 Å². The smallest absolute Gasteiger partial charge is 0.166 e. The molecule has 1 heterocycles. The molecule has 1 aromatic rings. The molecule has 1 fully saturated rings. The van der Waals surface area contributed by atoms with Gasteiger partial charge in [0.15, 0.2) is 5.11 Å². The minimum absolute atomic E-state index is 0.623. The second kappa shape index (κ2) is 4.61. The fourth-order valence-electron chi connectivity index (χ4n) is 1.39. The van der Waals surface area contributed by atoms with Crippen molar-refractivity contribution in [3.05, 3.63) is 18.2 Å². The highest BCUT2D eigenvalue weighted by molar-refractivity contribution is 7.80. The maximum atomic E-state index is 5.15. The van der Waals surface area contributed by atoms with Gasteiger partial charge in [-0.3, -0.25) is 0 Å².